The standard InChI is InChI=1S/C8H5Cl3NO3/c1-4(13)5-2-6(12-3-5)7(14)15-8(9,10)11/h2-3H,1H3. The third-order valence-corrected chi connectivity index (χ3v) is 1.69. The Morgan fingerprint density at radius 3 is 2.40 bits per heavy atom. The van der Waals surface area contributed by atoms with Gasteiger partial charge in [-0.05, 0) is 47.8 Å². The van der Waals surface area contributed by atoms with Gasteiger partial charge in [0, 0.05) is 11.8 Å². The van der Waals surface area contributed by atoms with Gasteiger partial charge in [0.1, 0.15) is 5.70 Å². The van der Waals surface area contributed by atoms with Crippen LogP contribution in [0.15, 0.2) is 23.5 Å². The van der Waals surface area contributed by atoms with Gasteiger partial charge in [-0.3, -0.25) is 4.79 Å². The predicted octanol–water partition coefficient (Wildman–Crippen LogP) is 1.83. The molecule has 0 saturated heterocycles. The van der Waals surface area contributed by atoms with Gasteiger partial charge in [-0.2, -0.15) is 0 Å². The van der Waals surface area contributed by atoms with Crippen molar-refractivity contribution in [3.8, 4) is 0 Å². The van der Waals surface area contributed by atoms with Crippen LogP contribution in [0.2, 0.25) is 0 Å². The molecule has 0 N–H and O–H groups in total. The minimum absolute atomic E-state index is 0.0773. The van der Waals surface area contributed by atoms with Crippen molar-refractivity contribution in [1.29, 1.82) is 0 Å². The Kier molecular flexibility index (Phi) is 3.65. The number of hydrogen-bond donors (Lipinski definition) is 0. The molecule has 0 atom stereocenters. The predicted molar refractivity (Wildman–Crippen MR) is 55.4 cm³/mol. The normalized spacial score (nSPS) is 15.2. The lowest BCUT2D eigenvalue weighted by molar-refractivity contribution is -0.140. The molecule has 81 valence electrons. The number of halogens is 3. The van der Waals surface area contributed by atoms with Gasteiger partial charge in [0.2, 0.25) is 0 Å². The van der Waals surface area contributed by atoms with E-state index in [1.54, 1.807) is 0 Å². The number of allylic oxidation sites excluding steroid dienone is 2. The molecular weight excluding hydrogens is 264 g/mol. The van der Waals surface area contributed by atoms with E-state index in [1.165, 1.54) is 19.2 Å². The molecule has 0 unspecified atom stereocenters. The molecule has 0 fully saturated rings. The summed E-state index contributed by atoms with van der Waals surface area (Å²) < 4.78 is 2.27. The van der Waals surface area contributed by atoms with Crippen LogP contribution in [0.4, 0.5) is 0 Å². The summed E-state index contributed by atoms with van der Waals surface area (Å²) in [6, 6.07) is 0. The third kappa shape index (κ3) is 3.74. The first-order valence-corrected chi connectivity index (χ1v) is 4.87. The van der Waals surface area contributed by atoms with Crippen molar-refractivity contribution in [2.45, 2.75) is 10.9 Å². The zero-order valence-corrected chi connectivity index (χ0v) is 9.73. The van der Waals surface area contributed by atoms with Gasteiger partial charge in [0.15, 0.2) is 5.78 Å². The van der Waals surface area contributed by atoms with E-state index in [0.29, 0.717) is 5.57 Å². The van der Waals surface area contributed by atoms with Crippen molar-refractivity contribution < 1.29 is 14.3 Å². The van der Waals surface area contributed by atoms with Gasteiger partial charge in [-0.15, -0.1) is 0 Å². The van der Waals surface area contributed by atoms with E-state index >= 15 is 0 Å². The van der Waals surface area contributed by atoms with Crippen molar-refractivity contribution in [2.24, 2.45) is 0 Å². The van der Waals surface area contributed by atoms with Gasteiger partial charge < -0.3 is 4.74 Å². The number of rotatable bonds is 2. The van der Waals surface area contributed by atoms with Crippen LogP contribution in [0, 0.1) is 0 Å². The lowest BCUT2D eigenvalue weighted by Gasteiger charge is -2.11. The zero-order valence-electron chi connectivity index (χ0n) is 7.46. The van der Waals surface area contributed by atoms with Crippen molar-refractivity contribution in [1.82, 2.24) is 5.32 Å². The number of hydrogen-bond acceptors (Lipinski definition) is 3. The Labute approximate surface area is 101 Å². The fourth-order valence-electron chi connectivity index (χ4n) is 0.822. The molecule has 0 aliphatic carbocycles. The molecule has 1 heterocycles. The SMILES string of the molecule is CC(=O)C1=C[N]C(C(=O)OC(Cl)(Cl)Cl)=C1. The summed E-state index contributed by atoms with van der Waals surface area (Å²) in [6.07, 6.45) is 2.51. The molecule has 4 nitrogen and oxygen atoms in total. The van der Waals surface area contributed by atoms with Crippen molar-refractivity contribution >= 4 is 46.6 Å². The second-order valence-electron chi connectivity index (χ2n) is 2.63. The summed E-state index contributed by atoms with van der Waals surface area (Å²) in [4.78, 5) is 22.1. The quantitative estimate of drug-likeness (QED) is 0.568. The van der Waals surface area contributed by atoms with Crippen LogP contribution in [0.25, 0.3) is 0 Å². The Morgan fingerprint density at radius 2 is 2.00 bits per heavy atom. The van der Waals surface area contributed by atoms with Gasteiger partial charge >= 0.3 is 9.95 Å². The van der Waals surface area contributed by atoms with Crippen LogP contribution < -0.4 is 5.32 Å². The summed E-state index contributed by atoms with van der Waals surface area (Å²) in [5, 5.41) is 3.65. The molecule has 1 rings (SSSR count). The highest BCUT2D eigenvalue weighted by Gasteiger charge is 2.29. The van der Waals surface area contributed by atoms with Gasteiger partial charge in [-0.1, -0.05) is 0 Å². The number of ketones is 1. The molecule has 1 radical (unpaired) electrons. The molecular formula is C8H5Cl3NO3. The Morgan fingerprint density at radius 1 is 1.40 bits per heavy atom. The highest BCUT2D eigenvalue weighted by atomic mass is 35.6. The first-order chi connectivity index (χ1) is 6.79. The van der Waals surface area contributed by atoms with Crippen LogP contribution in [0.1, 0.15) is 6.92 Å². The second-order valence-corrected chi connectivity index (χ2v) is 4.81. The first kappa shape index (κ1) is 12.4. The first-order valence-electron chi connectivity index (χ1n) is 3.73. The van der Waals surface area contributed by atoms with Crippen LogP contribution >= 0.6 is 34.8 Å². The number of esters is 1. The smallest absolute Gasteiger partial charge is 0.360 e. The lowest BCUT2D eigenvalue weighted by atomic mass is 10.2. The van der Waals surface area contributed by atoms with E-state index < -0.39 is 9.95 Å². The minimum Gasteiger partial charge on any atom is -0.410 e. The summed E-state index contributed by atoms with van der Waals surface area (Å²) in [7, 11) is 0. The van der Waals surface area contributed by atoms with Gasteiger partial charge in [0.05, 0.1) is 0 Å². The maximum atomic E-state index is 11.2. The summed E-state index contributed by atoms with van der Waals surface area (Å²) in [5.74, 6) is -1.11. The number of Topliss-reactive ketones (excluding diaryl/α,β-unsaturated/α-hetero) is 1. The molecule has 0 saturated carbocycles. The van der Waals surface area contributed by atoms with E-state index in [9.17, 15) is 9.59 Å². The molecule has 1 aliphatic rings. The number of carbonyl (C=O) groups excluding carboxylic acids is 2. The average molecular weight is 269 g/mol. The largest absolute Gasteiger partial charge is 0.410 e. The molecule has 0 amide bonds. The third-order valence-electron chi connectivity index (χ3n) is 1.46. The highest BCUT2D eigenvalue weighted by Crippen LogP contribution is 2.28. The topological polar surface area (TPSA) is 57.5 Å². The zero-order chi connectivity index (χ0) is 11.6. The average Bonchev–Trinajstić information content (AvgIpc) is 2.47. The number of carbonyl (C=O) groups is 2. The van der Waals surface area contributed by atoms with Crippen molar-refractivity contribution in [3.63, 3.8) is 0 Å². The molecule has 0 aromatic carbocycles. The molecule has 0 aromatic heterocycles. The Bertz CT molecular complexity index is 368. The van der Waals surface area contributed by atoms with E-state index in [4.69, 9.17) is 34.8 Å². The molecule has 0 aromatic rings. The van der Waals surface area contributed by atoms with E-state index in [-0.39, 0.29) is 11.5 Å². The van der Waals surface area contributed by atoms with Crippen LogP contribution in [0.5, 0.6) is 0 Å². The van der Waals surface area contributed by atoms with E-state index in [1.807, 2.05) is 0 Å². The van der Waals surface area contributed by atoms with Gasteiger partial charge in [-0.25, -0.2) is 10.1 Å². The molecule has 1 aliphatic heterocycles. The van der Waals surface area contributed by atoms with Crippen LogP contribution in [-0.2, 0) is 14.3 Å². The van der Waals surface area contributed by atoms with Crippen molar-refractivity contribution in [3.05, 3.63) is 23.5 Å². The van der Waals surface area contributed by atoms with Gasteiger partial charge in [0.25, 0.3) is 0 Å². The van der Waals surface area contributed by atoms with Crippen LogP contribution in [-0.4, -0.2) is 15.7 Å². The van der Waals surface area contributed by atoms with Crippen molar-refractivity contribution in [2.75, 3.05) is 0 Å². The number of alkyl halides is 3. The van der Waals surface area contributed by atoms with Crippen LogP contribution in [0.3, 0.4) is 0 Å². The Balaban J connectivity index is 2.67. The fourth-order valence-corrected chi connectivity index (χ4v) is 1.03. The summed E-state index contributed by atoms with van der Waals surface area (Å²) in [5.41, 5.74) is 0.220. The van der Waals surface area contributed by atoms with E-state index in [2.05, 4.69) is 10.1 Å². The minimum atomic E-state index is -2.13. The lowest BCUT2D eigenvalue weighted by Crippen LogP contribution is -2.19. The Hall–Kier alpha value is -0.710. The summed E-state index contributed by atoms with van der Waals surface area (Å²) >= 11 is 15.7. The molecule has 15 heavy (non-hydrogen) atoms. The fraction of sp³-hybridized carbons (Fsp3) is 0.250. The van der Waals surface area contributed by atoms with E-state index in [0.717, 1.165) is 0 Å². The number of nitrogens with zero attached hydrogens (tertiary/aromatic N) is 1. The maximum absolute atomic E-state index is 11.2. The molecule has 0 spiro atoms. The highest BCUT2D eigenvalue weighted by molar-refractivity contribution is 6.66. The second kappa shape index (κ2) is 4.43. The maximum Gasteiger partial charge on any atom is 0.360 e. The summed E-state index contributed by atoms with van der Waals surface area (Å²) in [6.45, 7) is 1.35. The molecule has 7 heteroatoms. The number of ether oxygens (including phenoxy) is 1. The molecule has 0 bridgehead atoms. The monoisotopic (exact) mass is 268 g/mol.